The van der Waals surface area contributed by atoms with Crippen molar-refractivity contribution in [2.75, 3.05) is 31.0 Å². The third kappa shape index (κ3) is 6.51. The lowest BCUT2D eigenvalue weighted by molar-refractivity contribution is 0.142. The van der Waals surface area contributed by atoms with Crippen LogP contribution in [0.2, 0.25) is 5.02 Å². The summed E-state index contributed by atoms with van der Waals surface area (Å²) in [6, 6.07) is 14.3. The standard InChI is InChI=1S/C27H24ClFN6O4/c1-37-18-5-2-16(3-6-18)13-32-35-27(36)34-24-11-20-23(12-25(24)39-19-8-9-38-14-19)30-15-31-26(20)33-17-4-7-22(29)21(28)10-17/h2-7,10-13,15,19H,8-9,14H2,1H3,(H,30,31,33)(H2,34,35,36)/b32-13+/t19-/m0/s1. The van der Waals surface area contributed by atoms with Crippen molar-refractivity contribution >= 4 is 51.9 Å². The first-order valence-electron chi connectivity index (χ1n) is 12.0. The number of benzene rings is 3. The van der Waals surface area contributed by atoms with E-state index in [1.165, 1.54) is 24.7 Å². The van der Waals surface area contributed by atoms with Gasteiger partial charge in [0.05, 0.1) is 42.8 Å². The number of amides is 2. The molecule has 3 aromatic carbocycles. The van der Waals surface area contributed by atoms with Gasteiger partial charge in [0.15, 0.2) is 0 Å². The summed E-state index contributed by atoms with van der Waals surface area (Å²) in [6.07, 6.45) is 3.46. The predicted molar refractivity (Wildman–Crippen MR) is 147 cm³/mol. The average Bonchev–Trinajstić information content (AvgIpc) is 3.45. The summed E-state index contributed by atoms with van der Waals surface area (Å²) in [7, 11) is 1.59. The van der Waals surface area contributed by atoms with Gasteiger partial charge in [0.2, 0.25) is 0 Å². The van der Waals surface area contributed by atoms with Crippen molar-refractivity contribution in [3.63, 3.8) is 0 Å². The molecule has 0 bridgehead atoms. The highest BCUT2D eigenvalue weighted by molar-refractivity contribution is 6.31. The second kappa shape index (κ2) is 11.9. The molecule has 0 saturated carbocycles. The first-order chi connectivity index (χ1) is 19.0. The van der Waals surface area contributed by atoms with Crippen LogP contribution in [0, 0.1) is 5.82 Å². The summed E-state index contributed by atoms with van der Waals surface area (Å²) in [5, 5.41) is 10.5. The monoisotopic (exact) mass is 550 g/mol. The van der Waals surface area contributed by atoms with Gasteiger partial charge in [-0.1, -0.05) is 11.6 Å². The highest BCUT2D eigenvalue weighted by Gasteiger charge is 2.21. The Morgan fingerprint density at radius 1 is 1.18 bits per heavy atom. The van der Waals surface area contributed by atoms with Crippen LogP contribution >= 0.6 is 11.6 Å². The van der Waals surface area contributed by atoms with E-state index in [-0.39, 0.29) is 11.1 Å². The minimum atomic E-state index is -0.580. The second-order valence-corrected chi connectivity index (χ2v) is 8.95. The highest BCUT2D eigenvalue weighted by atomic mass is 35.5. The number of rotatable bonds is 8. The van der Waals surface area contributed by atoms with E-state index in [0.29, 0.717) is 47.1 Å². The topological polar surface area (TPSA) is 119 Å². The van der Waals surface area contributed by atoms with E-state index in [2.05, 4.69) is 31.1 Å². The number of nitrogens with zero attached hydrogens (tertiary/aromatic N) is 3. The third-order valence-electron chi connectivity index (χ3n) is 5.84. The molecule has 1 atom stereocenters. The summed E-state index contributed by atoms with van der Waals surface area (Å²) >= 11 is 5.93. The van der Waals surface area contributed by atoms with Crippen LogP contribution in [0.15, 0.2) is 66.0 Å². The molecule has 200 valence electrons. The molecule has 0 radical (unpaired) electrons. The van der Waals surface area contributed by atoms with Crippen molar-refractivity contribution < 1.29 is 23.4 Å². The Morgan fingerprint density at radius 2 is 2.03 bits per heavy atom. The number of ether oxygens (including phenoxy) is 3. The Bertz CT molecular complexity index is 1510. The molecule has 0 aliphatic carbocycles. The lowest BCUT2D eigenvalue weighted by atomic mass is 10.1. The fourth-order valence-corrected chi connectivity index (χ4v) is 4.06. The minimum Gasteiger partial charge on any atom is -0.497 e. The van der Waals surface area contributed by atoms with Crippen molar-refractivity contribution in [3.8, 4) is 11.5 Å². The summed E-state index contributed by atoms with van der Waals surface area (Å²) in [5.41, 5.74) is 4.71. The summed E-state index contributed by atoms with van der Waals surface area (Å²) in [6.45, 7) is 1.04. The molecule has 4 aromatic rings. The van der Waals surface area contributed by atoms with Gasteiger partial charge in [-0.25, -0.2) is 24.6 Å². The number of aromatic nitrogens is 2. The Labute approximate surface area is 228 Å². The maximum absolute atomic E-state index is 13.6. The molecule has 1 aliphatic heterocycles. The van der Waals surface area contributed by atoms with Gasteiger partial charge in [-0.15, -0.1) is 0 Å². The quantitative estimate of drug-likeness (QED) is 0.196. The number of fused-ring (bicyclic) bond motifs is 1. The van der Waals surface area contributed by atoms with Gasteiger partial charge in [-0.2, -0.15) is 5.10 Å². The number of carbonyl (C=O) groups excluding carboxylic acids is 1. The Morgan fingerprint density at radius 3 is 2.77 bits per heavy atom. The minimum absolute atomic E-state index is 0.0259. The lowest BCUT2D eigenvalue weighted by Gasteiger charge is -2.18. The van der Waals surface area contributed by atoms with E-state index in [0.717, 1.165) is 17.7 Å². The Kier molecular flexibility index (Phi) is 7.99. The molecule has 3 N–H and O–H groups in total. The van der Waals surface area contributed by atoms with Gasteiger partial charge in [0.25, 0.3) is 0 Å². The fraction of sp³-hybridized carbons (Fsp3) is 0.185. The number of nitrogens with one attached hydrogen (secondary N) is 3. The molecule has 5 rings (SSSR count). The number of carbonyl (C=O) groups is 1. The molecular weight excluding hydrogens is 527 g/mol. The van der Waals surface area contributed by atoms with Gasteiger partial charge >= 0.3 is 6.03 Å². The van der Waals surface area contributed by atoms with Gasteiger partial charge < -0.3 is 24.8 Å². The van der Waals surface area contributed by atoms with Crippen molar-refractivity contribution in [1.29, 1.82) is 0 Å². The molecule has 10 nitrogen and oxygen atoms in total. The van der Waals surface area contributed by atoms with Crippen LogP contribution in [0.1, 0.15) is 12.0 Å². The maximum Gasteiger partial charge on any atom is 0.339 e. The van der Waals surface area contributed by atoms with E-state index in [1.807, 2.05) is 12.1 Å². The molecule has 2 heterocycles. The van der Waals surface area contributed by atoms with E-state index in [9.17, 15) is 9.18 Å². The summed E-state index contributed by atoms with van der Waals surface area (Å²) in [5.74, 6) is 1.04. The fourth-order valence-electron chi connectivity index (χ4n) is 3.88. The second-order valence-electron chi connectivity index (χ2n) is 8.54. The number of hydrogen-bond acceptors (Lipinski definition) is 8. The zero-order valence-electron chi connectivity index (χ0n) is 20.8. The van der Waals surface area contributed by atoms with Gasteiger partial charge in [-0.05, 0) is 54.1 Å². The SMILES string of the molecule is COc1ccc(/C=N/NC(=O)Nc2cc3c(Nc4ccc(F)c(Cl)c4)ncnc3cc2O[C@H]2CCOC2)cc1. The number of hydrogen-bond donors (Lipinski definition) is 3. The van der Waals surface area contributed by atoms with E-state index < -0.39 is 11.8 Å². The van der Waals surface area contributed by atoms with Gasteiger partial charge in [0, 0.05) is 23.6 Å². The first kappa shape index (κ1) is 26.1. The lowest BCUT2D eigenvalue weighted by Crippen LogP contribution is -2.25. The van der Waals surface area contributed by atoms with E-state index in [4.69, 9.17) is 25.8 Å². The molecule has 0 unspecified atom stereocenters. The number of hydrazone groups is 1. The third-order valence-corrected chi connectivity index (χ3v) is 6.13. The molecular formula is C27H24ClFN6O4. The van der Waals surface area contributed by atoms with Crippen molar-refractivity contribution in [2.45, 2.75) is 12.5 Å². The molecule has 39 heavy (non-hydrogen) atoms. The van der Waals surface area contributed by atoms with Crippen molar-refractivity contribution in [1.82, 2.24) is 15.4 Å². The van der Waals surface area contributed by atoms with E-state index >= 15 is 0 Å². The van der Waals surface area contributed by atoms with Crippen molar-refractivity contribution in [3.05, 3.63) is 77.3 Å². The molecule has 1 aliphatic rings. The predicted octanol–water partition coefficient (Wildman–Crippen LogP) is 5.50. The van der Waals surface area contributed by atoms with Crippen LogP contribution in [0.25, 0.3) is 10.9 Å². The number of anilines is 3. The molecule has 1 aromatic heterocycles. The molecule has 1 saturated heterocycles. The maximum atomic E-state index is 13.6. The first-order valence-corrected chi connectivity index (χ1v) is 12.4. The van der Waals surface area contributed by atoms with E-state index in [1.54, 1.807) is 37.4 Å². The van der Waals surface area contributed by atoms with Gasteiger partial charge in [0.1, 0.15) is 35.6 Å². The zero-order chi connectivity index (χ0) is 27.2. The molecule has 12 heteroatoms. The molecule has 1 fully saturated rings. The number of halogens is 2. The molecule has 0 spiro atoms. The summed E-state index contributed by atoms with van der Waals surface area (Å²) in [4.78, 5) is 21.4. The smallest absolute Gasteiger partial charge is 0.339 e. The highest BCUT2D eigenvalue weighted by Crippen LogP contribution is 2.35. The number of methoxy groups -OCH3 is 1. The Balaban J connectivity index is 1.40. The summed E-state index contributed by atoms with van der Waals surface area (Å²) < 4.78 is 30.3. The van der Waals surface area contributed by atoms with Crippen LogP contribution in [-0.2, 0) is 4.74 Å². The number of urea groups is 1. The Hall–Kier alpha value is -4.48. The van der Waals surface area contributed by atoms with Crippen LogP contribution in [0.4, 0.5) is 26.4 Å². The van der Waals surface area contributed by atoms with Crippen molar-refractivity contribution in [2.24, 2.45) is 5.10 Å². The zero-order valence-corrected chi connectivity index (χ0v) is 21.5. The van der Waals surface area contributed by atoms with Crippen LogP contribution < -0.4 is 25.5 Å². The largest absolute Gasteiger partial charge is 0.497 e. The van der Waals surface area contributed by atoms with Gasteiger partial charge in [-0.3, -0.25) is 0 Å². The average molecular weight is 551 g/mol. The van der Waals surface area contributed by atoms with Crippen LogP contribution in [0.5, 0.6) is 11.5 Å². The normalized spacial score (nSPS) is 14.9. The molecule has 2 amide bonds. The van der Waals surface area contributed by atoms with Crippen LogP contribution in [-0.4, -0.2) is 48.6 Å². The van der Waals surface area contributed by atoms with Crippen LogP contribution in [0.3, 0.4) is 0 Å².